The first-order valence-corrected chi connectivity index (χ1v) is 6.25. The van der Waals surface area contributed by atoms with Gasteiger partial charge < -0.3 is 21.3 Å². The smallest absolute Gasteiger partial charge is 0.237 e. The lowest BCUT2D eigenvalue weighted by Gasteiger charge is -2.26. The lowest BCUT2D eigenvalue weighted by atomic mass is 9.98. The van der Waals surface area contributed by atoms with E-state index >= 15 is 0 Å². The maximum Gasteiger partial charge on any atom is 0.237 e. The van der Waals surface area contributed by atoms with Crippen LogP contribution < -0.4 is 11.5 Å². The first kappa shape index (κ1) is 16.4. The third-order valence-corrected chi connectivity index (χ3v) is 3.04. The SMILES string of the molecule is CCN(CCCN(C)C)CCC(C)(N)C(N)=O. The summed E-state index contributed by atoms with van der Waals surface area (Å²) in [5, 5.41) is 0. The number of rotatable bonds is 9. The summed E-state index contributed by atoms with van der Waals surface area (Å²) in [7, 11) is 4.14. The van der Waals surface area contributed by atoms with Crippen LogP contribution in [-0.2, 0) is 4.79 Å². The molecule has 1 unspecified atom stereocenters. The number of hydrogen-bond donors (Lipinski definition) is 2. The van der Waals surface area contributed by atoms with Gasteiger partial charge in [-0.25, -0.2) is 0 Å². The van der Waals surface area contributed by atoms with E-state index in [4.69, 9.17) is 11.5 Å². The van der Waals surface area contributed by atoms with Crippen molar-refractivity contribution in [2.24, 2.45) is 11.5 Å². The van der Waals surface area contributed by atoms with Crippen LogP contribution in [0.4, 0.5) is 0 Å². The first-order valence-electron chi connectivity index (χ1n) is 6.25. The summed E-state index contributed by atoms with van der Waals surface area (Å²) in [5.74, 6) is -0.429. The quantitative estimate of drug-likeness (QED) is 0.591. The normalized spacial score (nSPS) is 15.2. The van der Waals surface area contributed by atoms with Crippen LogP contribution in [-0.4, -0.2) is 61.5 Å². The molecule has 0 aromatic heterocycles. The number of primary amides is 1. The van der Waals surface area contributed by atoms with Crippen LogP contribution in [0.15, 0.2) is 0 Å². The van der Waals surface area contributed by atoms with E-state index in [2.05, 4.69) is 30.8 Å². The Kier molecular flexibility index (Phi) is 7.34. The van der Waals surface area contributed by atoms with Gasteiger partial charge in [0, 0.05) is 6.54 Å². The molecule has 4 N–H and O–H groups in total. The van der Waals surface area contributed by atoms with E-state index < -0.39 is 11.4 Å². The Morgan fingerprint density at radius 3 is 2.24 bits per heavy atom. The number of nitrogens with zero attached hydrogens (tertiary/aromatic N) is 2. The molecule has 0 aliphatic carbocycles. The summed E-state index contributed by atoms with van der Waals surface area (Å²) < 4.78 is 0. The van der Waals surface area contributed by atoms with Gasteiger partial charge in [-0.3, -0.25) is 4.79 Å². The van der Waals surface area contributed by atoms with Crippen LogP contribution in [0.2, 0.25) is 0 Å². The highest BCUT2D eigenvalue weighted by atomic mass is 16.1. The largest absolute Gasteiger partial charge is 0.368 e. The fourth-order valence-electron chi connectivity index (χ4n) is 1.55. The highest BCUT2D eigenvalue weighted by Gasteiger charge is 2.25. The minimum atomic E-state index is -0.894. The molecule has 102 valence electrons. The zero-order valence-corrected chi connectivity index (χ0v) is 11.7. The van der Waals surface area contributed by atoms with Crippen molar-refractivity contribution in [2.75, 3.05) is 40.3 Å². The second-order valence-corrected chi connectivity index (χ2v) is 5.12. The van der Waals surface area contributed by atoms with Crippen molar-refractivity contribution in [1.82, 2.24) is 9.80 Å². The summed E-state index contributed by atoms with van der Waals surface area (Å²) in [6.07, 6.45) is 1.73. The van der Waals surface area contributed by atoms with Gasteiger partial charge in [0.05, 0.1) is 5.54 Å². The van der Waals surface area contributed by atoms with E-state index in [0.717, 1.165) is 32.6 Å². The molecule has 1 amide bonds. The van der Waals surface area contributed by atoms with Crippen molar-refractivity contribution in [3.05, 3.63) is 0 Å². The minimum absolute atomic E-state index is 0.429. The second-order valence-electron chi connectivity index (χ2n) is 5.12. The van der Waals surface area contributed by atoms with Gasteiger partial charge in [-0.15, -0.1) is 0 Å². The Hall–Kier alpha value is -0.650. The van der Waals surface area contributed by atoms with Crippen molar-refractivity contribution >= 4 is 5.91 Å². The number of carbonyl (C=O) groups excluding carboxylic acids is 1. The van der Waals surface area contributed by atoms with Crippen LogP contribution in [0.1, 0.15) is 26.7 Å². The monoisotopic (exact) mass is 244 g/mol. The summed E-state index contributed by atoms with van der Waals surface area (Å²) >= 11 is 0. The molecular weight excluding hydrogens is 216 g/mol. The third kappa shape index (κ3) is 7.31. The van der Waals surface area contributed by atoms with E-state index in [1.54, 1.807) is 6.92 Å². The van der Waals surface area contributed by atoms with Gasteiger partial charge in [0.25, 0.3) is 0 Å². The van der Waals surface area contributed by atoms with E-state index in [1.807, 2.05) is 0 Å². The predicted octanol–water partition coefficient (Wildman–Crippen LogP) is -0.147. The molecule has 0 saturated carbocycles. The minimum Gasteiger partial charge on any atom is -0.368 e. The van der Waals surface area contributed by atoms with Crippen molar-refractivity contribution < 1.29 is 4.79 Å². The van der Waals surface area contributed by atoms with E-state index in [9.17, 15) is 4.79 Å². The number of hydrogen-bond acceptors (Lipinski definition) is 4. The van der Waals surface area contributed by atoms with Gasteiger partial charge in [0.15, 0.2) is 0 Å². The van der Waals surface area contributed by atoms with Crippen molar-refractivity contribution in [3.8, 4) is 0 Å². The second kappa shape index (κ2) is 7.63. The first-order chi connectivity index (χ1) is 7.79. The average molecular weight is 244 g/mol. The Morgan fingerprint density at radius 2 is 1.82 bits per heavy atom. The van der Waals surface area contributed by atoms with Gasteiger partial charge in [-0.05, 0) is 53.5 Å². The fourth-order valence-corrected chi connectivity index (χ4v) is 1.55. The van der Waals surface area contributed by atoms with Gasteiger partial charge in [-0.1, -0.05) is 6.92 Å². The summed E-state index contributed by atoms with van der Waals surface area (Å²) in [6, 6.07) is 0. The lowest BCUT2D eigenvalue weighted by molar-refractivity contribution is -0.122. The zero-order chi connectivity index (χ0) is 13.5. The van der Waals surface area contributed by atoms with Crippen LogP contribution in [0.3, 0.4) is 0 Å². The Balaban J connectivity index is 3.93. The van der Waals surface area contributed by atoms with Gasteiger partial charge in [-0.2, -0.15) is 0 Å². The van der Waals surface area contributed by atoms with Gasteiger partial charge in [0.1, 0.15) is 0 Å². The molecule has 0 aromatic rings. The lowest BCUT2D eigenvalue weighted by Crippen LogP contribution is -2.51. The summed E-state index contributed by atoms with van der Waals surface area (Å²) in [6.45, 7) is 7.72. The predicted molar refractivity (Wildman–Crippen MR) is 71.7 cm³/mol. The molecule has 17 heavy (non-hydrogen) atoms. The molecule has 0 aliphatic heterocycles. The maximum atomic E-state index is 11.1. The van der Waals surface area contributed by atoms with Gasteiger partial charge >= 0.3 is 0 Å². The molecule has 0 radical (unpaired) electrons. The Labute approximate surface area is 105 Å². The fraction of sp³-hybridized carbons (Fsp3) is 0.917. The Morgan fingerprint density at radius 1 is 1.24 bits per heavy atom. The Bertz CT molecular complexity index is 229. The molecule has 0 aliphatic rings. The summed E-state index contributed by atoms with van der Waals surface area (Å²) in [4.78, 5) is 15.6. The molecule has 5 heteroatoms. The molecule has 5 nitrogen and oxygen atoms in total. The van der Waals surface area contributed by atoms with E-state index in [0.29, 0.717) is 6.42 Å². The molecule has 0 fully saturated rings. The van der Waals surface area contributed by atoms with Crippen molar-refractivity contribution in [3.63, 3.8) is 0 Å². The zero-order valence-electron chi connectivity index (χ0n) is 11.7. The number of nitrogens with two attached hydrogens (primary N) is 2. The van der Waals surface area contributed by atoms with Crippen LogP contribution in [0, 0.1) is 0 Å². The molecular formula is C12H28N4O. The molecule has 0 spiro atoms. The maximum absolute atomic E-state index is 11.1. The van der Waals surface area contributed by atoms with Crippen molar-refractivity contribution in [2.45, 2.75) is 32.2 Å². The van der Waals surface area contributed by atoms with E-state index in [1.165, 1.54) is 0 Å². The topological polar surface area (TPSA) is 75.6 Å². The number of carbonyl (C=O) groups is 1. The summed E-state index contributed by atoms with van der Waals surface area (Å²) in [5.41, 5.74) is 10.2. The van der Waals surface area contributed by atoms with Gasteiger partial charge in [0.2, 0.25) is 5.91 Å². The molecule has 0 bridgehead atoms. The van der Waals surface area contributed by atoms with E-state index in [-0.39, 0.29) is 0 Å². The highest BCUT2D eigenvalue weighted by molar-refractivity contribution is 5.83. The van der Waals surface area contributed by atoms with Crippen molar-refractivity contribution in [1.29, 1.82) is 0 Å². The highest BCUT2D eigenvalue weighted by Crippen LogP contribution is 2.06. The molecule has 0 saturated heterocycles. The molecule has 0 rings (SSSR count). The standard InChI is InChI=1S/C12H28N4O/c1-5-16(9-6-8-15(3)4)10-7-12(2,14)11(13)17/h5-10,14H2,1-4H3,(H2,13,17). The number of amides is 1. The molecule has 0 aromatic carbocycles. The molecule has 0 heterocycles. The van der Waals surface area contributed by atoms with Crippen LogP contribution in [0.25, 0.3) is 0 Å². The third-order valence-electron chi connectivity index (χ3n) is 3.04. The van der Waals surface area contributed by atoms with Crippen LogP contribution >= 0.6 is 0 Å². The average Bonchev–Trinajstić information content (AvgIpc) is 2.22. The van der Waals surface area contributed by atoms with Crippen LogP contribution in [0.5, 0.6) is 0 Å². The molecule has 1 atom stereocenters.